The predicted octanol–water partition coefficient (Wildman–Crippen LogP) is 2.92. The van der Waals surface area contributed by atoms with Crippen molar-refractivity contribution in [2.24, 2.45) is 5.92 Å². The number of carbonyl (C=O) groups excluding carboxylic acids is 1. The lowest BCUT2D eigenvalue weighted by molar-refractivity contribution is -0.138. The van der Waals surface area contributed by atoms with E-state index in [-0.39, 0.29) is 17.9 Å². The van der Waals surface area contributed by atoms with Gasteiger partial charge in [-0.2, -0.15) is 0 Å². The zero-order valence-electron chi connectivity index (χ0n) is 12.4. The highest BCUT2D eigenvalue weighted by Gasteiger charge is 2.50. The summed E-state index contributed by atoms with van der Waals surface area (Å²) < 4.78 is 0. The minimum atomic E-state index is -0.796. The van der Waals surface area contributed by atoms with Gasteiger partial charge in [0.15, 0.2) is 0 Å². The van der Waals surface area contributed by atoms with Gasteiger partial charge >= 0.3 is 0 Å². The zero-order chi connectivity index (χ0) is 14.5. The number of hydrogen-bond donors (Lipinski definition) is 1. The lowest BCUT2D eigenvalue weighted by Gasteiger charge is -2.34. The Labute approximate surface area is 124 Å². The van der Waals surface area contributed by atoms with Crippen LogP contribution in [-0.4, -0.2) is 34.1 Å². The monoisotopic (exact) mass is 293 g/mol. The Hall–Kier alpha value is -0.870. The molecular formula is C16H23NO2S. The van der Waals surface area contributed by atoms with Crippen LogP contribution in [0.3, 0.4) is 0 Å². The molecule has 0 spiro atoms. The van der Waals surface area contributed by atoms with Crippen molar-refractivity contribution in [3.63, 3.8) is 0 Å². The number of likely N-dealkylation sites (tertiary alicyclic amines) is 1. The summed E-state index contributed by atoms with van der Waals surface area (Å²) >= 11 is 1.77. The molecule has 1 aliphatic carbocycles. The third-order valence-corrected chi connectivity index (χ3v) is 5.85. The van der Waals surface area contributed by atoms with Crippen LogP contribution in [-0.2, 0) is 4.79 Å². The number of carbonyl (C=O) groups is 1. The summed E-state index contributed by atoms with van der Waals surface area (Å²) in [6, 6.07) is 2.12. The summed E-state index contributed by atoms with van der Waals surface area (Å²) in [7, 11) is 0. The molecule has 1 aromatic rings. The van der Waals surface area contributed by atoms with Crippen molar-refractivity contribution >= 4 is 17.2 Å². The fourth-order valence-electron chi connectivity index (χ4n) is 3.50. The van der Waals surface area contributed by atoms with Gasteiger partial charge in [0.1, 0.15) is 0 Å². The van der Waals surface area contributed by atoms with E-state index in [1.807, 2.05) is 18.7 Å². The fraction of sp³-hybridized carbons (Fsp3) is 0.688. The minimum Gasteiger partial charge on any atom is -0.388 e. The Bertz CT molecular complexity index is 517. The lowest BCUT2D eigenvalue weighted by atomic mass is 9.96. The molecule has 4 heteroatoms. The van der Waals surface area contributed by atoms with Gasteiger partial charge < -0.3 is 10.0 Å². The molecule has 1 saturated carbocycles. The van der Waals surface area contributed by atoms with Crippen molar-refractivity contribution in [2.45, 2.75) is 57.6 Å². The van der Waals surface area contributed by atoms with Crippen LogP contribution < -0.4 is 0 Å². The molecule has 2 aliphatic rings. The number of rotatable bonds is 3. The van der Waals surface area contributed by atoms with Gasteiger partial charge in [0, 0.05) is 23.3 Å². The smallest absolute Gasteiger partial charge is 0.226 e. The third-order valence-electron chi connectivity index (χ3n) is 4.70. The lowest BCUT2D eigenvalue weighted by Crippen LogP contribution is -2.48. The average Bonchev–Trinajstić information content (AvgIpc) is 2.81. The van der Waals surface area contributed by atoms with Crippen molar-refractivity contribution in [1.29, 1.82) is 0 Å². The molecular weight excluding hydrogens is 270 g/mol. The first-order valence-electron chi connectivity index (χ1n) is 7.46. The Balaban J connectivity index is 1.70. The summed E-state index contributed by atoms with van der Waals surface area (Å²) in [6.07, 6.45) is 2.91. The molecule has 2 fully saturated rings. The molecule has 2 heterocycles. The largest absolute Gasteiger partial charge is 0.388 e. The van der Waals surface area contributed by atoms with Crippen LogP contribution in [0.5, 0.6) is 0 Å². The highest BCUT2D eigenvalue weighted by atomic mass is 32.1. The topological polar surface area (TPSA) is 40.5 Å². The van der Waals surface area contributed by atoms with E-state index in [1.165, 1.54) is 10.4 Å². The number of thiophene rings is 1. The maximum atomic E-state index is 12.7. The Morgan fingerprint density at radius 3 is 2.85 bits per heavy atom. The second kappa shape index (κ2) is 4.85. The van der Waals surface area contributed by atoms with E-state index in [9.17, 15) is 9.90 Å². The second-order valence-electron chi connectivity index (χ2n) is 6.76. The molecule has 1 amide bonds. The van der Waals surface area contributed by atoms with E-state index in [0.29, 0.717) is 5.92 Å². The molecule has 0 aromatic carbocycles. The molecule has 3 atom stereocenters. The van der Waals surface area contributed by atoms with Crippen molar-refractivity contribution in [3.8, 4) is 0 Å². The van der Waals surface area contributed by atoms with E-state index >= 15 is 0 Å². The quantitative estimate of drug-likeness (QED) is 0.931. The van der Waals surface area contributed by atoms with Crippen molar-refractivity contribution < 1.29 is 9.90 Å². The number of amides is 1. The number of nitrogens with zero attached hydrogens (tertiary/aromatic N) is 1. The van der Waals surface area contributed by atoms with E-state index in [1.54, 1.807) is 11.3 Å². The first-order valence-corrected chi connectivity index (χ1v) is 8.34. The first kappa shape index (κ1) is 14.1. The Morgan fingerprint density at radius 1 is 1.50 bits per heavy atom. The number of hydrogen-bond acceptors (Lipinski definition) is 3. The van der Waals surface area contributed by atoms with Gasteiger partial charge in [0.05, 0.1) is 11.6 Å². The molecule has 1 N–H and O–H groups in total. The van der Waals surface area contributed by atoms with Gasteiger partial charge in [0.25, 0.3) is 0 Å². The molecule has 110 valence electrons. The standard InChI is InChI=1S/C16H23NO2S/c1-10-6-8-20-14(10)11-9-12(11)15(18)17-7-4-5-13(17)16(2,3)19/h6,8,11-13,19H,4-5,7,9H2,1-3H3/t11-,12-,13+/m1/s1. The molecule has 1 saturated heterocycles. The number of aliphatic hydroxyl groups is 1. The maximum Gasteiger partial charge on any atom is 0.226 e. The van der Waals surface area contributed by atoms with E-state index < -0.39 is 5.60 Å². The highest BCUT2D eigenvalue weighted by molar-refractivity contribution is 7.10. The van der Waals surface area contributed by atoms with Gasteiger partial charge in [-0.15, -0.1) is 11.3 Å². The summed E-state index contributed by atoms with van der Waals surface area (Å²) in [5.41, 5.74) is 0.519. The highest BCUT2D eigenvalue weighted by Crippen LogP contribution is 2.52. The van der Waals surface area contributed by atoms with Crippen molar-refractivity contribution in [3.05, 3.63) is 21.9 Å². The van der Waals surface area contributed by atoms with Gasteiger partial charge in [-0.1, -0.05) is 0 Å². The predicted molar refractivity (Wildman–Crippen MR) is 80.9 cm³/mol. The molecule has 20 heavy (non-hydrogen) atoms. The molecule has 3 nitrogen and oxygen atoms in total. The van der Waals surface area contributed by atoms with Gasteiger partial charge in [-0.3, -0.25) is 4.79 Å². The van der Waals surface area contributed by atoms with Crippen LogP contribution in [0.1, 0.15) is 49.5 Å². The normalized spacial score (nSPS) is 29.8. The average molecular weight is 293 g/mol. The van der Waals surface area contributed by atoms with Crippen molar-refractivity contribution in [1.82, 2.24) is 4.90 Å². The van der Waals surface area contributed by atoms with E-state index in [4.69, 9.17) is 0 Å². The summed E-state index contributed by atoms with van der Waals surface area (Å²) in [5, 5.41) is 12.4. The van der Waals surface area contributed by atoms with Gasteiger partial charge in [-0.25, -0.2) is 0 Å². The third kappa shape index (κ3) is 2.40. The Kier molecular flexibility index (Phi) is 3.41. The summed E-state index contributed by atoms with van der Waals surface area (Å²) in [4.78, 5) is 16.0. The van der Waals surface area contributed by atoms with Crippen LogP contribution in [0.4, 0.5) is 0 Å². The van der Waals surface area contributed by atoms with Gasteiger partial charge in [0.2, 0.25) is 5.91 Å². The molecule has 1 aromatic heterocycles. The summed E-state index contributed by atoms with van der Waals surface area (Å²) in [6.45, 7) is 6.56. The Morgan fingerprint density at radius 2 is 2.25 bits per heavy atom. The van der Waals surface area contributed by atoms with Crippen LogP contribution >= 0.6 is 11.3 Å². The zero-order valence-corrected chi connectivity index (χ0v) is 13.2. The second-order valence-corrected chi connectivity index (χ2v) is 7.71. The number of aryl methyl sites for hydroxylation is 1. The van der Waals surface area contributed by atoms with Crippen LogP contribution in [0.15, 0.2) is 11.4 Å². The van der Waals surface area contributed by atoms with Gasteiger partial charge in [-0.05, 0) is 57.0 Å². The fourth-order valence-corrected chi connectivity index (χ4v) is 4.61. The van der Waals surface area contributed by atoms with Crippen LogP contribution in [0.25, 0.3) is 0 Å². The molecule has 0 bridgehead atoms. The van der Waals surface area contributed by atoms with E-state index in [2.05, 4.69) is 18.4 Å². The maximum absolute atomic E-state index is 12.7. The minimum absolute atomic E-state index is 0.0133. The van der Waals surface area contributed by atoms with Crippen LogP contribution in [0, 0.1) is 12.8 Å². The molecule has 0 unspecified atom stereocenters. The van der Waals surface area contributed by atoms with E-state index in [0.717, 1.165) is 25.8 Å². The van der Waals surface area contributed by atoms with Crippen molar-refractivity contribution in [2.75, 3.05) is 6.54 Å². The van der Waals surface area contributed by atoms with Crippen LogP contribution in [0.2, 0.25) is 0 Å². The molecule has 3 rings (SSSR count). The molecule has 1 aliphatic heterocycles. The first-order chi connectivity index (χ1) is 9.39. The SMILES string of the molecule is Cc1ccsc1[C@@H]1C[C@H]1C(=O)N1CCC[C@H]1C(C)(C)O. The molecule has 0 radical (unpaired) electrons. The summed E-state index contributed by atoms with van der Waals surface area (Å²) in [5.74, 6) is 0.827.